The van der Waals surface area contributed by atoms with E-state index in [1.165, 1.54) is 0 Å². The summed E-state index contributed by atoms with van der Waals surface area (Å²) in [6.07, 6.45) is 0. The van der Waals surface area contributed by atoms with Gasteiger partial charge >= 0.3 is 5.97 Å². The molecule has 0 heterocycles. The van der Waals surface area contributed by atoms with Gasteiger partial charge in [0.1, 0.15) is 0 Å². The smallest absolute Gasteiger partial charge is 0.312 e. The van der Waals surface area contributed by atoms with Gasteiger partial charge in [0, 0.05) is 13.1 Å². The molecule has 0 aromatic heterocycles. The molecule has 1 rings (SSSR count). The Balaban J connectivity index is 2.63. The highest BCUT2D eigenvalue weighted by molar-refractivity contribution is 5.80. The van der Waals surface area contributed by atoms with Gasteiger partial charge in [0.05, 0.1) is 11.3 Å². The zero-order valence-electron chi connectivity index (χ0n) is 11.2. The quantitative estimate of drug-likeness (QED) is 0.683. The van der Waals surface area contributed by atoms with Crippen molar-refractivity contribution in [1.82, 2.24) is 5.32 Å². The zero-order valence-corrected chi connectivity index (χ0v) is 11.2. The van der Waals surface area contributed by atoms with Crippen molar-refractivity contribution in [1.29, 1.82) is 0 Å². The normalized spacial score (nSPS) is 12.9. The molecule has 0 aliphatic rings. The molecule has 104 valence electrons. The van der Waals surface area contributed by atoms with Crippen molar-refractivity contribution >= 4 is 11.9 Å². The standard InChI is InChI=1S/C14H20N2O3/c1-14(2,13(15)19)9-16-8-11(12(17)18)10-6-4-3-5-7-10/h3-7,11,16H,8-9H2,1-2H3,(H2,15,19)(H,17,18). The Hall–Kier alpha value is -1.88. The summed E-state index contributed by atoms with van der Waals surface area (Å²) < 4.78 is 0. The van der Waals surface area contributed by atoms with Gasteiger partial charge in [-0.05, 0) is 19.4 Å². The minimum atomic E-state index is -0.893. The predicted molar refractivity (Wildman–Crippen MR) is 72.7 cm³/mol. The van der Waals surface area contributed by atoms with E-state index >= 15 is 0 Å². The summed E-state index contributed by atoms with van der Waals surface area (Å²) in [5.41, 5.74) is 5.30. The molecule has 0 saturated heterocycles. The van der Waals surface area contributed by atoms with Gasteiger partial charge in [0.25, 0.3) is 0 Å². The highest BCUT2D eigenvalue weighted by Crippen LogP contribution is 2.16. The fourth-order valence-electron chi connectivity index (χ4n) is 1.65. The maximum absolute atomic E-state index is 11.3. The van der Waals surface area contributed by atoms with Crippen LogP contribution in [0.2, 0.25) is 0 Å². The Kier molecular flexibility index (Phi) is 5.06. The molecule has 1 atom stereocenters. The lowest BCUT2D eigenvalue weighted by molar-refractivity contribution is -0.138. The van der Waals surface area contributed by atoms with E-state index in [1.54, 1.807) is 38.1 Å². The number of carbonyl (C=O) groups excluding carboxylic acids is 1. The highest BCUT2D eigenvalue weighted by atomic mass is 16.4. The Morgan fingerprint density at radius 2 is 1.89 bits per heavy atom. The lowest BCUT2D eigenvalue weighted by Crippen LogP contribution is -2.42. The fraction of sp³-hybridized carbons (Fsp3) is 0.429. The Bertz CT molecular complexity index is 443. The molecule has 0 bridgehead atoms. The number of primary amides is 1. The van der Waals surface area contributed by atoms with Crippen LogP contribution in [0.3, 0.4) is 0 Å². The molecular formula is C14H20N2O3. The number of rotatable bonds is 7. The number of carboxylic acid groups (broad SMARTS) is 1. The lowest BCUT2D eigenvalue weighted by atomic mass is 9.92. The van der Waals surface area contributed by atoms with Crippen LogP contribution in [0.5, 0.6) is 0 Å². The molecule has 4 N–H and O–H groups in total. The van der Waals surface area contributed by atoms with E-state index < -0.39 is 23.2 Å². The maximum Gasteiger partial charge on any atom is 0.312 e. The third kappa shape index (κ3) is 4.37. The average molecular weight is 264 g/mol. The number of carboxylic acids is 1. The van der Waals surface area contributed by atoms with Gasteiger partial charge in [-0.2, -0.15) is 0 Å². The van der Waals surface area contributed by atoms with Crippen LogP contribution in [-0.4, -0.2) is 30.1 Å². The minimum Gasteiger partial charge on any atom is -0.481 e. The molecule has 0 aliphatic heterocycles. The number of hydrogen-bond acceptors (Lipinski definition) is 3. The molecule has 5 nitrogen and oxygen atoms in total. The Morgan fingerprint density at radius 1 is 1.32 bits per heavy atom. The van der Waals surface area contributed by atoms with E-state index in [4.69, 9.17) is 5.73 Å². The van der Waals surface area contributed by atoms with Crippen molar-refractivity contribution < 1.29 is 14.7 Å². The number of nitrogens with one attached hydrogen (secondary N) is 1. The van der Waals surface area contributed by atoms with E-state index in [9.17, 15) is 14.7 Å². The first-order valence-electron chi connectivity index (χ1n) is 6.13. The van der Waals surface area contributed by atoms with Crippen molar-refractivity contribution in [3.8, 4) is 0 Å². The molecule has 1 aromatic rings. The summed E-state index contributed by atoms with van der Waals surface area (Å²) >= 11 is 0. The number of nitrogens with two attached hydrogens (primary N) is 1. The molecule has 0 aliphatic carbocycles. The second-order valence-electron chi connectivity index (χ2n) is 5.18. The van der Waals surface area contributed by atoms with Crippen molar-refractivity contribution in [2.24, 2.45) is 11.1 Å². The summed E-state index contributed by atoms with van der Waals surface area (Å²) in [7, 11) is 0. The van der Waals surface area contributed by atoms with Gasteiger partial charge in [-0.1, -0.05) is 30.3 Å². The molecule has 19 heavy (non-hydrogen) atoms. The first-order valence-corrected chi connectivity index (χ1v) is 6.13. The summed E-state index contributed by atoms with van der Waals surface area (Å²) in [6, 6.07) is 9.00. The van der Waals surface area contributed by atoms with Crippen LogP contribution >= 0.6 is 0 Å². The molecule has 0 fully saturated rings. The van der Waals surface area contributed by atoms with Gasteiger partial charge in [-0.3, -0.25) is 9.59 Å². The first-order chi connectivity index (χ1) is 8.84. The number of aliphatic carboxylic acids is 1. The van der Waals surface area contributed by atoms with Crippen molar-refractivity contribution in [2.45, 2.75) is 19.8 Å². The summed E-state index contributed by atoms with van der Waals surface area (Å²) in [6.45, 7) is 4.05. The third-order valence-corrected chi connectivity index (χ3v) is 3.08. The van der Waals surface area contributed by atoms with Crippen LogP contribution in [0.25, 0.3) is 0 Å². The molecule has 1 amide bonds. The van der Waals surface area contributed by atoms with E-state index in [-0.39, 0.29) is 6.54 Å². The fourth-order valence-corrected chi connectivity index (χ4v) is 1.65. The van der Waals surface area contributed by atoms with Crippen molar-refractivity contribution in [3.05, 3.63) is 35.9 Å². The van der Waals surface area contributed by atoms with Crippen LogP contribution in [0.4, 0.5) is 0 Å². The molecule has 0 spiro atoms. The van der Waals surface area contributed by atoms with Crippen molar-refractivity contribution in [2.75, 3.05) is 13.1 Å². The first kappa shape index (κ1) is 15.2. The summed E-state index contributed by atoms with van der Waals surface area (Å²) in [4.78, 5) is 22.4. The third-order valence-electron chi connectivity index (χ3n) is 3.08. The van der Waals surface area contributed by atoms with E-state index in [0.29, 0.717) is 6.54 Å². The number of carbonyl (C=O) groups is 2. The SMILES string of the molecule is CC(C)(CNCC(C(=O)O)c1ccccc1)C(N)=O. The van der Waals surface area contributed by atoms with E-state index in [2.05, 4.69) is 5.32 Å². The zero-order chi connectivity index (χ0) is 14.5. The van der Waals surface area contributed by atoms with Gasteiger partial charge in [-0.25, -0.2) is 0 Å². The number of hydrogen-bond donors (Lipinski definition) is 3. The van der Waals surface area contributed by atoms with Crippen LogP contribution in [0.1, 0.15) is 25.3 Å². The predicted octanol–water partition coefficient (Wildman–Crippen LogP) is 0.956. The lowest BCUT2D eigenvalue weighted by Gasteiger charge is -2.22. The van der Waals surface area contributed by atoms with Gasteiger partial charge in [-0.15, -0.1) is 0 Å². The van der Waals surface area contributed by atoms with Crippen LogP contribution in [0.15, 0.2) is 30.3 Å². The second-order valence-corrected chi connectivity index (χ2v) is 5.18. The van der Waals surface area contributed by atoms with E-state index in [1.807, 2.05) is 6.07 Å². The van der Waals surface area contributed by atoms with Crippen LogP contribution in [0, 0.1) is 5.41 Å². The molecule has 0 saturated carbocycles. The summed E-state index contributed by atoms with van der Waals surface area (Å²) in [5, 5.41) is 12.2. The van der Waals surface area contributed by atoms with Gasteiger partial charge in [0.2, 0.25) is 5.91 Å². The number of amides is 1. The van der Waals surface area contributed by atoms with Gasteiger partial charge < -0.3 is 16.2 Å². The monoisotopic (exact) mass is 264 g/mol. The minimum absolute atomic E-state index is 0.260. The molecule has 1 unspecified atom stereocenters. The molecule has 0 radical (unpaired) electrons. The second kappa shape index (κ2) is 6.33. The largest absolute Gasteiger partial charge is 0.481 e. The highest BCUT2D eigenvalue weighted by Gasteiger charge is 2.26. The maximum atomic E-state index is 11.3. The molecular weight excluding hydrogens is 244 g/mol. The number of benzene rings is 1. The van der Waals surface area contributed by atoms with E-state index in [0.717, 1.165) is 5.56 Å². The Morgan fingerprint density at radius 3 is 2.37 bits per heavy atom. The molecule has 1 aromatic carbocycles. The Labute approximate surface area is 112 Å². The van der Waals surface area contributed by atoms with Crippen LogP contribution in [-0.2, 0) is 9.59 Å². The van der Waals surface area contributed by atoms with Gasteiger partial charge in [0.15, 0.2) is 0 Å². The summed E-state index contributed by atoms with van der Waals surface area (Å²) in [5.74, 6) is -1.94. The van der Waals surface area contributed by atoms with Crippen molar-refractivity contribution in [3.63, 3.8) is 0 Å². The average Bonchev–Trinajstić information content (AvgIpc) is 2.35. The topological polar surface area (TPSA) is 92.4 Å². The molecule has 5 heteroatoms. The van der Waals surface area contributed by atoms with Crippen LogP contribution < -0.4 is 11.1 Å².